The van der Waals surface area contributed by atoms with E-state index < -0.39 is 0 Å². The highest BCUT2D eigenvalue weighted by atomic mass is 127. The van der Waals surface area contributed by atoms with Gasteiger partial charge in [-0.25, -0.2) is 19.9 Å². The number of nitrogens with zero attached hydrogens (tertiary/aromatic N) is 4. The van der Waals surface area contributed by atoms with Crippen LogP contribution in [0.25, 0.3) is 11.5 Å². The van der Waals surface area contributed by atoms with Gasteiger partial charge in [-0.15, -0.1) is 0 Å². The summed E-state index contributed by atoms with van der Waals surface area (Å²) in [6.45, 7) is 2.02. The predicted molar refractivity (Wildman–Crippen MR) is 76.7 cm³/mol. The number of aromatic nitrogens is 4. The zero-order chi connectivity index (χ0) is 13.1. The van der Waals surface area contributed by atoms with Gasteiger partial charge in [-0.3, -0.25) is 0 Å². The molecule has 94 valence electrons. The van der Waals surface area contributed by atoms with Crippen LogP contribution in [0.15, 0.2) is 12.4 Å². The maximum atomic E-state index is 6.09. The molecule has 0 radical (unpaired) electrons. The van der Waals surface area contributed by atoms with Crippen molar-refractivity contribution in [1.29, 1.82) is 0 Å². The van der Waals surface area contributed by atoms with Crippen LogP contribution >= 0.6 is 34.2 Å². The van der Waals surface area contributed by atoms with Gasteiger partial charge in [-0.2, -0.15) is 0 Å². The van der Waals surface area contributed by atoms with Crippen molar-refractivity contribution in [3.8, 4) is 17.4 Å². The number of hydrogen-bond acceptors (Lipinski definition) is 5. The molecule has 2 rings (SSSR count). The van der Waals surface area contributed by atoms with E-state index in [1.54, 1.807) is 13.2 Å². The Morgan fingerprint density at radius 1 is 1.33 bits per heavy atom. The molecule has 0 saturated heterocycles. The van der Waals surface area contributed by atoms with Crippen molar-refractivity contribution < 1.29 is 4.74 Å². The van der Waals surface area contributed by atoms with Gasteiger partial charge in [0.2, 0.25) is 5.88 Å². The van der Waals surface area contributed by atoms with Crippen LogP contribution in [0.3, 0.4) is 0 Å². The average Bonchev–Trinajstić information content (AvgIpc) is 2.41. The summed E-state index contributed by atoms with van der Waals surface area (Å²) in [5, 5.41) is 0.440. The number of rotatable bonds is 3. The summed E-state index contributed by atoms with van der Waals surface area (Å²) in [6.07, 6.45) is 2.20. The maximum absolute atomic E-state index is 6.09. The van der Waals surface area contributed by atoms with Crippen LogP contribution in [0.2, 0.25) is 5.15 Å². The third-order valence-corrected chi connectivity index (χ3v) is 4.02. The first-order valence-corrected chi connectivity index (χ1v) is 6.69. The molecule has 2 aromatic rings. The molecule has 2 heterocycles. The lowest BCUT2D eigenvalue weighted by molar-refractivity contribution is 0.397. The van der Waals surface area contributed by atoms with Crippen molar-refractivity contribution in [2.45, 2.75) is 13.3 Å². The molecule has 0 fully saturated rings. The van der Waals surface area contributed by atoms with Gasteiger partial charge in [0.15, 0.2) is 5.82 Å². The monoisotopic (exact) mass is 376 g/mol. The average molecular weight is 377 g/mol. The first kappa shape index (κ1) is 13.4. The number of methoxy groups -OCH3 is 1. The minimum Gasteiger partial charge on any atom is -0.481 e. The van der Waals surface area contributed by atoms with Gasteiger partial charge >= 0.3 is 0 Å². The van der Waals surface area contributed by atoms with Crippen LogP contribution < -0.4 is 4.74 Å². The molecule has 7 heteroatoms. The maximum Gasteiger partial charge on any atom is 0.216 e. The van der Waals surface area contributed by atoms with Gasteiger partial charge < -0.3 is 4.74 Å². The zero-order valence-corrected chi connectivity index (χ0v) is 12.7. The Balaban J connectivity index is 2.53. The highest BCUT2D eigenvalue weighted by molar-refractivity contribution is 14.1. The Morgan fingerprint density at radius 3 is 2.78 bits per heavy atom. The van der Waals surface area contributed by atoms with E-state index in [1.807, 2.05) is 6.92 Å². The molecular weight excluding hydrogens is 367 g/mol. The van der Waals surface area contributed by atoms with Crippen molar-refractivity contribution in [1.82, 2.24) is 19.9 Å². The minimum atomic E-state index is 0.440. The van der Waals surface area contributed by atoms with Crippen molar-refractivity contribution in [3.05, 3.63) is 26.8 Å². The summed E-state index contributed by atoms with van der Waals surface area (Å²) in [5.74, 6) is 0.953. The molecule has 5 nitrogen and oxygen atoms in total. The molecule has 0 N–H and O–H groups in total. The van der Waals surface area contributed by atoms with Gasteiger partial charge in [-0.05, 0) is 29.0 Å². The van der Waals surface area contributed by atoms with E-state index in [-0.39, 0.29) is 0 Å². The SMILES string of the molecule is CCc1nc(-c2cc(OC)ncn2)nc(Cl)c1I. The van der Waals surface area contributed by atoms with Crippen molar-refractivity contribution in [2.24, 2.45) is 0 Å². The predicted octanol–water partition coefficient (Wildman–Crippen LogP) is 2.76. The fraction of sp³-hybridized carbons (Fsp3) is 0.273. The second kappa shape index (κ2) is 5.75. The lowest BCUT2D eigenvalue weighted by Crippen LogP contribution is -2.01. The van der Waals surface area contributed by atoms with Gasteiger partial charge in [0.05, 0.1) is 16.4 Å². The molecule has 2 aromatic heterocycles. The van der Waals surface area contributed by atoms with Gasteiger partial charge in [0, 0.05) is 6.07 Å². The van der Waals surface area contributed by atoms with Crippen molar-refractivity contribution in [2.75, 3.05) is 7.11 Å². The Morgan fingerprint density at radius 2 is 2.11 bits per heavy atom. The molecule has 0 atom stereocenters. The second-order valence-corrected chi connectivity index (χ2v) is 4.83. The van der Waals surface area contributed by atoms with Crippen LogP contribution in [-0.4, -0.2) is 27.0 Å². The van der Waals surface area contributed by atoms with E-state index >= 15 is 0 Å². The molecule has 0 unspecified atom stereocenters. The standard InChI is InChI=1S/C11H10ClIN4O/c1-3-6-9(13)10(12)17-11(16-6)7-4-8(18-2)15-5-14-7/h4-5H,3H2,1-2H3. The molecule has 18 heavy (non-hydrogen) atoms. The number of aryl methyl sites for hydroxylation is 1. The Labute approximate surface area is 123 Å². The lowest BCUT2D eigenvalue weighted by atomic mass is 10.3. The van der Waals surface area contributed by atoms with E-state index in [4.69, 9.17) is 16.3 Å². The fourth-order valence-electron chi connectivity index (χ4n) is 1.39. The Bertz CT molecular complexity index is 579. The molecule has 0 bridgehead atoms. The van der Waals surface area contributed by atoms with Crippen LogP contribution in [0.5, 0.6) is 5.88 Å². The fourth-order valence-corrected chi connectivity index (χ4v) is 2.20. The molecule has 0 aromatic carbocycles. The first-order chi connectivity index (χ1) is 8.65. The second-order valence-electron chi connectivity index (χ2n) is 3.40. The van der Waals surface area contributed by atoms with Crippen LogP contribution in [0.1, 0.15) is 12.6 Å². The van der Waals surface area contributed by atoms with Gasteiger partial charge in [-0.1, -0.05) is 18.5 Å². The summed E-state index contributed by atoms with van der Waals surface area (Å²) in [6, 6.07) is 1.68. The van der Waals surface area contributed by atoms with Crippen LogP contribution in [0.4, 0.5) is 0 Å². The quantitative estimate of drug-likeness (QED) is 0.609. The molecule has 0 spiro atoms. The Hall–Kier alpha value is -1.02. The van der Waals surface area contributed by atoms with E-state index in [2.05, 4.69) is 42.5 Å². The molecule has 0 amide bonds. The highest BCUT2D eigenvalue weighted by Gasteiger charge is 2.12. The summed E-state index contributed by atoms with van der Waals surface area (Å²) in [5.41, 5.74) is 1.50. The minimum absolute atomic E-state index is 0.440. The third kappa shape index (κ3) is 2.69. The van der Waals surface area contributed by atoms with E-state index in [9.17, 15) is 0 Å². The summed E-state index contributed by atoms with van der Waals surface area (Å²) < 4.78 is 5.92. The smallest absolute Gasteiger partial charge is 0.216 e. The van der Waals surface area contributed by atoms with Crippen LogP contribution in [-0.2, 0) is 6.42 Å². The normalized spacial score (nSPS) is 10.4. The summed E-state index contributed by atoms with van der Waals surface area (Å²) in [7, 11) is 1.55. The Kier molecular flexibility index (Phi) is 4.28. The zero-order valence-electron chi connectivity index (χ0n) is 9.81. The van der Waals surface area contributed by atoms with Crippen LogP contribution in [0, 0.1) is 3.57 Å². The largest absolute Gasteiger partial charge is 0.481 e. The topological polar surface area (TPSA) is 60.8 Å². The van der Waals surface area contributed by atoms with E-state index in [1.165, 1.54) is 6.33 Å². The molecule has 0 aliphatic rings. The molecule has 0 aliphatic heterocycles. The lowest BCUT2D eigenvalue weighted by Gasteiger charge is -2.06. The highest BCUT2D eigenvalue weighted by Crippen LogP contribution is 2.24. The first-order valence-electron chi connectivity index (χ1n) is 5.24. The van der Waals surface area contributed by atoms with Crippen molar-refractivity contribution in [3.63, 3.8) is 0 Å². The molecule has 0 saturated carbocycles. The number of halogens is 2. The summed E-state index contributed by atoms with van der Waals surface area (Å²) in [4.78, 5) is 16.7. The molecular formula is C11H10ClIN4O. The van der Waals surface area contributed by atoms with Gasteiger partial charge in [0.25, 0.3) is 0 Å². The summed E-state index contributed by atoms with van der Waals surface area (Å²) >= 11 is 8.23. The van der Waals surface area contributed by atoms with Gasteiger partial charge in [0.1, 0.15) is 17.2 Å². The number of ether oxygens (including phenoxy) is 1. The van der Waals surface area contributed by atoms with E-state index in [0.717, 1.165) is 15.7 Å². The van der Waals surface area contributed by atoms with E-state index in [0.29, 0.717) is 22.6 Å². The third-order valence-electron chi connectivity index (χ3n) is 2.29. The molecule has 0 aliphatic carbocycles. The van der Waals surface area contributed by atoms with Crippen molar-refractivity contribution >= 4 is 34.2 Å². The number of hydrogen-bond donors (Lipinski definition) is 0.